The number of hydrogen-bond acceptors (Lipinski definition) is 4. The molecule has 1 aromatic carbocycles. The Labute approximate surface area is 115 Å². The molecule has 0 aliphatic carbocycles. The summed E-state index contributed by atoms with van der Waals surface area (Å²) < 4.78 is 5.27. The van der Waals surface area contributed by atoms with Crippen molar-refractivity contribution in [3.63, 3.8) is 0 Å². The maximum absolute atomic E-state index is 10.6. The molecule has 2 heterocycles. The summed E-state index contributed by atoms with van der Waals surface area (Å²) in [6, 6.07) is 9.78. The molecule has 0 bridgehead atoms. The zero-order valence-corrected chi connectivity index (χ0v) is 11.2. The molecule has 1 unspecified atom stereocenters. The monoisotopic (exact) mass is 271 g/mol. The lowest BCUT2D eigenvalue weighted by Crippen LogP contribution is -2.01. The molecule has 0 fully saturated rings. The summed E-state index contributed by atoms with van der Waals surface area (Å²) >= 11 is 1.48. The molecule has 4 heteroatoms. The van der Waals surface area contributed by atoms with Gasteiger partial charge in [0.05, 0.1) is 12.0 Å². The number of aliphatic hydroxyl groups excluding tert-OH is 1. The van der Waals surface area contributed by atoms with Gasteiger partial charge < -0.3 is 9.84 Å². The van der Waals surface area contributed by atoms with Crippen molar-refractivity contribution in [1.82, 2.24) is 4.98 Å². The molecule has 3 aromatic rings. The highest BCUT2D eigenvalue weighted by molar-refractivity contribution is 7.10. The zero-order chi connectivity index (χ0) is 13.2. The van der Waals surface area contributed by atoms with Gasteiger partial charge in [-0.3, -0.25) is 4.98 Å². The summed E-state index contributed by atoms with van der Waals surface area (Å²) in [5, 5.41) is 14.5. The number of methoxy groups -OCH3 is 1. The topological polar surface area (TPSA) is 42.4 Å². The van der Waals surface area contributed by atoms with Crippen LogP contribution in [0, 0.1) is 0 Å². The third-order valence-corrected chi connectivity index (χ3v) is 4.07. The molecule has 0 amide bonds. The van der Waals surface area contributed by atoms with Crippen molar-refractivity contribution in [3.8, 4) is 5.75 Å². The molecule has 0 saturated carbocycles. The number of aliphatic hydroxyl groups is 1. The van der Waals surface area contributed by atoms with Gasteiger partial charge >= 0.3 is 0 Å². The number of benzene rings is 1. The van der Waals surface area contributed by atoms with Crippen molar-refractivity contribution < 1.29 is 9.84 Å². The van der Waals surface area contributed by atoms with Crippen LogP contribution in [0.5, 0.6) is 5.75 Å². The van der Waals surface area contributed by atoms with Crippen LogP contribution in [0.2, 0.25) is 0 Å². The van der Waals surface area contributed by atoms with E-state index in [-0.39, 0.29) is 0 Å². The maximum atomic E-state index is 10.6. The van der Waals surface area contributed by atoms with Gasteiger partial charge in [0.25, 0.3) is 0 Å². The first-order chi connectivity index (χ1) is 9.31. The standard InChI is InChI=1S/C15H13NO2S/c1-18-13-6-7-19-15(13)14(17)12-9-16-8-10-4-2-3-5-11(10)12/h2-9,14,17H,1H3. The number of thiophene rings is 1. The number of fused-ring (bicyclic) bond motifs is 1. The molecule has 0 aliphatic heterocycles. The number of nitrogens with zero attached hydrogens (tertiary/aromatic N) is 1. The highest BCUT2D eigenvalue weighted by atomic mass is 32.1. The lowest BCUT2D eigenvalue weighted by atomic mass is 10.0. The summed E-state index contributed by atoms with van der Waals surface area (Å²) in [6.45, 7) is 0. The Hall–Kier alpha value is -1.91. The summed E-state index contributed by atoms with van der Waals surface area (Å²) in [6.07, 6.45) is 2.80. The van der Waals surface area contributed by atoms with Crippen LogP contribution in [-0.2, 0) is 0 Å². The van der Waals surface area contributed by atoms with Gasteiger partial charge in [-0.15, -0.1) is 11.3 Å². The Kier molecular flexibility index (Phi) is 3.19. The van der Waals surface area contributed by atoms with E-state index in [0.717, 1.165) is 21.2 Å². The van der Waals surface area contributed by atoms with Crippen LogP contribution in [0.4, 0.5) is 0 Å². The van der Waals surface area contributed by atoms with Crippen LogP contribution in [0.15, 0.2) is 48.1 Å². The first-order valence-corrected chi connectivity index (χ1v) is 6.81. The second-order valence-electron chi connectivity index (χ2n) is 4.21. The van der Waals surface area contributed by atoms with E-state index in [2.05, 4.69) is 4.98 Å². The number of aromatic nitrogens is 1. The number of pyridine rings is 1. The van der Waals surface area contributed by atoms with E-state index in [4.69, 9.17) is 4.74 Å². The predicted molar refractivity (Wildman–Crippen MR) is 76.7 cm³/mol. The van der Waals surface area contributed by atoms with Crippen LogP contribution in [-0.4, -0.2) is 17.2 Å². The van der Waals surface area contributed by atoms with Gasteiger partial charge in [0, 0.05) is 23.3 Å². The van der Waals surface area contributed by atoms with E-state index in [1.165, 1.54) is 11.3 Å². The second-order valence-corrected chi connectivity index (χ2v) is 5.15. The maximum Gasteiger partial charge on any atom is 0.135 e. The Morgan fingerprint density at radius 1 is 1.21 bits per heavy atom. The van der Waals surface area contributed by atoms with Crippen molar-refractivity contribution in [2.45, 2.75) is 6.10 Å². The summed E-state index contributed by atoms with van der Waals surface area (Å²) in [7, 11) is 1.61. The quantitative estimate of drug-likeness (QED) is 0.794. The molecule has 19 heavy (non-hydrogen) atoms. The van der Waals surface area contributed by atoms with Crippen molar-refractivity contribution in [2.75, 3.05) is 7.11 Å². The minimum absolute atomic E-state index is 0.713. The second kappa shape index (κ2) is 4.99. The molecule has 0 spiro atoms. The number of hydrogen-bond donors (Lipinski definition) is 1. The fourth-order valence-corrected chi connectivity index (χ4v) is 3.04. The fraction of sp³-hybridized carbons (Fsp3) is 0.133. The molecule has 3 nitrogen and oxygen atoms in total. The molecular formula is C15H13NO2S. The van der Waals surface area contributed by atoms with Crippen molar-refractivity contribution in [3.05, 3.63) is 58.5 Å². The molecule has 2 aromatic heterocycles. The van der Waals surface area contributed by atoms with Gasteiger partial charge in [0.1, 0.15) is 11.9 Å². The zero-order valence-electron chi connectivity index (χ0n) is 10.4. The largest absolute Gasteiger partial charge is 0.495 e. The summed E-state index contributed by atoms with van der Waals surface area (Å²) in [5.41, 5.74) is 0.804. The van der Waals surface area contributed by atoms with Gasteiger partial charge in [-0.1, -0.05) is 24.3 Å². The van der Waals surface area contributed by atoms with E-state index in [1.54, 1.807) is 19.5 Å². The van der Waals surface area contributed by atoms with E-state index >= 15 is 0 Å². The van der Waals surface area contributed by atoms with Crippen molar-refractivity contribution >= 4 is 22.1 Å². The molecule has 0 radical (unpaired) electrons. The van der Waals surface area contributed by atoms with Crippen LogP contribution < -0.4 is 4.74 Å². The van der Waals surface area contributed by atoms with E-state index in [1.807, 2.05) is 35.7 Å². The molecular weight excluding hydrogens is 258 g/mol. The highest BCUT2D eigenvalue weighted by Gasteiger charge is 2.19. The minimum atomic E-state index is -0.714. The van der Waals surface area contributed by atoms with Gasteiger partial charge in [-0.25, -0.2) is 0 Å². The highest BCUT2D eigenvalue weighted by Crippen LogP contribution is 2.36. The fourth-order valence-electron chi connectivity index (χ4n) is 2.18. The Balaban J connectivity index is 2.14. The van der Waals surface area contributed by atoms with E-state index in [9.17, 15) is 5.11 Å². The SMILES string of the molecule is COc1ccsc1C(O)c1cncc2ccccc12. The van der Waals surface area contributed by atoms with E-state index in [0.29, 0.717) is 5.75 Å². The van der Waals surface area contributed by atoms with Gasteiger partial charge in [-0.05, 0) is 16.8 Å². The third kappa shape index (κ3) is 2.09. The molecule has 0 aliphatic rings. The van der Waals surface area contributed by atoms with Gasteiger partial charge in [-0.2, -0.15) is 0 Å². The molecule has 1 N–H and O–H groups in total. The third-order valence-electron chi connectivity index (χ3n) is 3.12. The van der Waals surface area contributed by atoms with Crippen LogP contribution in [0.1, 0.15) is 16.5 Å². The van der Waals surface area contributed by atoms with Crippen molar-refractivity contribution in [2.24, 2.45) is 0 Å². The van der Waals surface area contributed by atoms with Gasteiger partial charge in [0.2, 0.25) is 0 Å². The smallest absolute Gasteiger partial charge is 0.135 e. The molecule has 0 saturated heterocycles. The predicted octanol–water partition coefficient (Wildman–Crippen LogP) is 3.39. The van der Waals surface area contributed by atoms with Crippen LogP contribution in [0.25, 0.3) is 10.8 Å². The summed E-state index contributed by atoms with van der Waals surface area (Å²) in [4.78, 5) is 5.01. The average molecular weight is 271 g/mol. The number of rotatable bonds is 3. The number of ether oxygens (including phenoxy) is 1. The minimum Gasteiger partial charge on any atom is -0.495 e. The Bertz CT molecular complexity index is 703. The average Bonchev–Trinajstić information content (AvgIpc) is 2.94. The van der Waals surface area contributed by atoms with Gasteiger partial charge in [0.15, 0.2) is 0 Å². The first kappa shape index (κ1) is 12.1. The molecule has 3 rings (SSSR count). The molecule has 96 valence electrons. The Morgan fingerprint density at radius 3 is 2.89 bits per heavy atom. The summed E-state index contributed by atoms with van der Waals surface area (Å²) in [5.74, 6) is 0.713. The normalized spacial score (nSPS) is 12.5. The molecule has 1 atom stereocenters. The lowest BCUT2D eigenvalue weighted by molar-refractivity contribution is 0.220. The lowest BCUT2D eigenvalue weighted by Gasteiger charge is -2.13. The Morgan fingerprint density at radius 2 is 2.05 bits per heavy atom. The van der Waals surface area contributed by atoms with Crippen LogP contribution >= 0.6 is 11.3 Å². The van der Waals surface area contributed by atoms with E-state index < -0.39 is 6.10 Å². The van der Waals surface area contributed by atoms with Crippen molar-refractivity contribution in [1.29, 1.82) is 0 Å². The van der Waals surface area contributed by atoms with Crippen LogP contribution in [0.3, 0.4) is 0 Å². The first-order valence-electron chi connectivity index (χ1n) is 5.93.